The summed E-state index contributed by atoms with van der Waals surface area (Å²) in [5.74, 6) is 2.45. The smallest absolute Gasteiger partial charge is 0.140 e. The van der Waals surface area contributed by atoms with Crippen molar-refractivity contribution in [1.82, 2.24) is 19.7 Å². The first kappa shape index (κ1) is 20.8. The highest BCUT2D eigenvalue weighted by molar-refractivity contribution is 6.35. The van der Waals surface area contributed by atoms with Crippen molar-refractivity contribution in [2.24, 2.45) is 0 Å². The molecule has 1 fully saturated rings. The fourth-order valence-electron chi connectivity index (χ4n) is 4.81. The van der Waals surface area contributed by atoms with E-state index < -0.39 is 0 Å². The third-order valence-electron chi connectivity index (χ3n) is 6.27. The summed E-state index contributed by atoms with van der Waals surface area (Å²) in [7, 11) is 0. The third kappa shape index (κ3) is 3.82. The number of β-amino-alcohol motifs (C(OH)–C–C–N with tert-alkyl or cyclic N) is 1. The Labute approximate surface area is 191 Å². The standard InChI is InChI=1S/C23H24Cl2N4O2/c1-13-26-27-14(2)29(13)16-3-5-18(6-4-16)31-23-20-9-15(24)10-21(25)19(20)11-22(23)28-8-7-17(30)12-28/h3-6,9-10,17,22-23,30H,7-8,11-12H2,1-2H3/t17-,22+,23+/m1/s1. The average molecular weight is 459 g/mol. The molecule has 0 saturated carbocycles. The second-order valence-corrected chi connectivity index (χ2v) is 9.17. The van der Waals surface area contributed by atoms with Gasteiger partial charge in [-0.15, -0.1) is 10.2 Å². The van der Waals surface area contributed by atoms with Crippen LogP contribution in [0.4, 0.5) is 0 Å². The molecule has 2 heterocycles. The monoisotopic (exact) mass is 458 g/mol. The molecule has 1 saturated heterocycles. The highest BCUT2D eigenvalue weighted by atomic mass is 35.5. The maximum absolute atomic E-state index is 10.1. The first-order valence-corrected chi connectivity index (χ1v) is 11.2. The van der Waals surface area contributed by atoms with Gasteiger partial charge in [-0.3, -0.25) is 9.47 Å². The number of aryl methyl sites for hydroxylation is 2. The van der Waals surface area contributed by atoms with E-state index in [2.05, 4.69) is 15.1 Å². The summed E-state index contributed by atoms with van der Waals surface area (Å²) in [6.45, 7) is 5.36. The number of ether oxygens (including phenoxy) is 1. The van der Waals surface area contributed by atoms with Gasteiger partial charge in [-0.25, -0.2) is 0 Å². The molecule has 2 aliphatic rings. The number of nitrogens with zero attached hydrogens (tertiary/aromatic N) is 4. The summed E-state index contributed by atoms with van der Waals surface area (Å²) in [6.07, 6.45) is 1.05. The predicted molar refractivity (Wildman–Crippen MR) is 120 cm³/mol. The summed E-state index contributed by atoms with van der Waals surface area (Å²) in [5.41, 5.74) is 3.10. The molecule has 1 aliphatic heterocycles. The van der Waals surface area contributed by atoms with Crippen LogP contribution in [0.2, 0.25) is 10.0 Å². The zero-order chi connectivity index (χ0) is 21.7. The lowest BCUT2D eigenvalue weighted by molar-refractivity contribution is 0.0818. The van der Waals surface area contributed by atoms with Crippen molar-refractivity contribution in [2.75, 3.05) is 13.1 Å². The average Bonchev–Trinajstić information content (AvgIpc) is 3.41. The summed E-state index contributed by atoms with van der Waals surface area (Å²) >= 11 is 12.9. The van der Waals surface area contributed by atoms with Gasteiger partial charge in [0, 0.05) is 34.4 Å². The van der Waals surface area contributed by atoms with Crippen molar-refractivity contribution in [2.45, 2.75) is 44.9 Å². The van der Waals surface area contributed by atoms with Gasteiger partial charge in [0.2, 0.25) is 0 Å². The van der Waals surface area contributed by atoms with Crippen molar-refractivity contribution < 1.29 is 9.84 Å². The van der Waals surface area contributed by atoms with E-state index in [1.54, 1.807) is 6.07 Å². The number of likely N-dealkylation sites (tertiary alicyclic amines) is 1. The Morgan fingerprint density at radius 1 is 1.06 bits per heavy atom. The second kappa shape index (κ2) is 8.10. The summed E-state index contributed by atoms with van der Waals surface area (Å²) in [6, 6.07) is 11.8. The first-order valence-electron chi connectivity index (χ1n) is 10.5. The van der Waals surface area contributed by atoms with Gasteiger partial charge in [-0.1, -0.05) is 23.2 Å². The molecule has 3 aromatic rings. The number of aliphatic hydroxyl groups excluding tert-OH is 1. The van der Waals surface area contributed by atoms with Crippen LogP contribution >= 0.6 is 23.2 Å². The van der Waals surface area contributed by atoms with Crippen LogP contribution in [0.1, 0.15) is 35.3 Å². The van der Waals surface area contributed by atoms with Gasteiger partial charge in [0.15, 0.2) is 0 Å². The van der Waals surface area contributed by atoms with Gasteiger partial charge in [0.25, 0.3) is 0 Å². The van der Waals surface area contributed by atoms with Crippen molar-refractivity contribution in [1.29, 1.82) is 0 Å². The number of rotatable bonds is 4. The Hall–Kier alpha value is -2.12. The van der Waals surface area contributed by atoms with Crippen LogP contribution in [0.5, 0.6) is 5.75 Å². The van der Waals surface area contributed by atoms with Gasteiger partial charge >= 0.3 is 0 Å². The van der Waals surface area contributed by atoms with E-state index in [0.717, 1.165) is 53.6 Å². The molecule has 2 aromatic carbocycles. The van der Waals surface area contributed by atoms with E-state index in [0.29, 0.717) is 16.6 Å². The molecule has 1 N–H and O–H groups in total. The molecule has 0 spiro atoms. The molecular formula is C23H24Cl2N4O2. The molecule has 1 aliphatic carbocycles. The van der Waals surface area contributed by atoms with Crippen molar-refractivity contribution >= 4 is 23.2 Å². The highest BCUT2D eigenvalue weighted by Gasteiger charge is 2.41. The molecule has 0 bridgehead atoms. The topological polar surface area (TPSA) is 63.4 Å². The first-order chi connectivity index (χ1) is 14.9. The normalized spacial score (nSPS) is 23.3. The minimum Gasteiger partial charge on any atom is -0.484 e. The molecule has 3 atom stereocenters. The Kier molecular flexibility index (Phi) is 5.42. The van der Waals surface area contributed by atoms with Crippen LogP contribution in [0.3, 0.4) is 0 Å². The van der Waals surface area contributed by atoms with Crippen molar-refractivity contribution in [3.63, 3.8) is 0 Å². The van der Waals surface area contributed by atoms with Gasteiger partial charge in [0.1, 0.15) is 23.5 Å². The van der Waals surface area contributed by atoms with Crippen LogP contribution in [-0.4, -0.2) is 50.0 Å². The zero-order valence-corrected chi connectivity index (χ0v) is 18.9. The summed E-state index contributed by atoms with van der Waals surface area (Å²) < 4.78 is 8.53. The number of aromatic nitrogens is 3. The molecule has 0 unspecified atom stereocenters. The Balaban J connectivity index is 1.46. The molecule has 0 radical (unpaired) electrons. The third-order valence-corrected chi connectivity index (χ3v) is 6.83. The predicted octanol–water partition coefficient (Wildman–Crippen LogP) is 4.30. The molecule has 6 nitrogen and oxygen atoms in total. The highest BCUT2D eigenvalue weighted by Crippen LogP contribution is 2.43. The molecule has 0 amide bonds. The van der Waals surface area contributed by atoms with Crippen LogP contribution in [0, 0.1) is 13.8 Å². The molecule has 1 aromatic heterocycles. The second-order valence-electron chi connectivity index (χ2n) is 8.33. The SMILES string of the molecule is Cc1nnc(C)n1-c1ccc(O[C@H]2c3cc(Cl)cc(Cl)c3C[C@@H]2N2CC[C@@H](O)C2)cc1. The fraction of sp³-hybridized carbons (Fsp3) is 0.391. The number of fused-ring (bicyclic) bond motifs is 1. The minimum absolute atomic E-state index is 0.102. The van der Waals surface area contributed by atoms with E-state index in [1.165, 1.54) is 0 Å². The molecule has 8 heteroatoms. The van der Waals surface area contributed by atoms with E-state index in [4.69, 9.17) is 27.9 Å². The summed E-state index contributed by atoms with van der Waals surface area (Å²) in [5, 5.41) is 19.6. The number of hydrogen-bond acceptors (Lipinski definition) is 5. The van der Waals surface area contributed by atoms with E-state index >= 15 is 0 Å². The lowest BCUT2D eigenvalue weighted by atomic mass is 10.1. The van der Waals surface area contributed by atoms with Crippen LogP contribution in [0.25, 0.3) is 5.69 Å². The number of halogens is 2. The van der Waals surface area contributed by atoms with E-state index in [-0.39, 0.29) is 18.2 Å². The molecule has 162 valence electrons. The van der Waals surface area contributed by atoms with Gasteiger partial charge in [-0.05, 0) is 68.7 Å². The molecule has 31 heavy (non-hydrogen) atoms. The largest absolute Gasteiger partial charge is 0.484 e. The van der Waals surface area contributed by atoms with Crippen LogP contribution < -0.4 is 4.74 Å². The van der Waals surface area contributed by atoms with E-state index in [1.807, 2.05) is 48.7 Å². The van der Waals surface area contributed by atoms with Gasteiger partial charge in [-0.2, -0.15) is 0 Å². The minimum atomic E-state index is -0.294. The zero-order valence-electron chi connectivity index (χ0n) is 17.4. The quantitative estimate of drug-likeness (QED) is 0.631. The van der Waals surface area contributed by atoms with Crippen molar-refractivity contribution in [3.8, 4) is 11.4 Å². The molecular weight excluding hydrogens is 435 g/mol. The fourth-order valence-corrected chi connectivity index (χ4v) is 5.40. The van der Waals surface area contributed by atoms with Crippen LogP contribution in [-0.2, 0) is 6.42 Å². The maximum atomic E-state index is 10.1. The van der Waals surface area contributed by atoms with Crippen LogP contribution in [0.15, 0.2) is 36.4 Å². The maximum Gasteiger partial charge on any atom is 0.140 e. The number of aliphatic hydroxyl groups is 1. The van der Waals surface area contributed by atoms with Gasteiger partial charge < -0.3 is 9.84 Å². The van der Waals surface area contributed by atoms with E-state index in [9.17, 15) is 5.11 Å². The lowest BCUT2D eigenvalue weighted by Gasteiger charge is -2.30. The lowest BCUT2D eigenvalue weighted by Crippen LogP contribution is -2.39. The van der Waals surface area contributed by atoms with Gasteiger partial charge in [0.05, 0.1) is 12.1 Å². The number of hydrogen-bond donors (Lipinski definition) is 1. The Morgan fingerprint density at radius 3 is 2.42 bits per heavy atom. The summed E-state index contributed by atoms with van der Waals surface area (Å²) in [4.78, 5) is 2.30. The molecule has 5 rings (SSSR count). The van der Waals surface area contributed by atoms with Crippen molar-refractivity contribution in [3.05, 3.63) is 69.2 Å². The Bertz CT molecular complexity index is 1100. The Morgan fingerprint density at radius 2 is 1.77 bits per heavy atom. The number of benzene rings is 2.